The van der Waals surface area contributed by atoms with Gasteiger partial charge in [0.2, 0.25) is 0 Å². The molecule has 8 nitrogen and oxygen atoms in total. The minimum Gasteiger partial charge on any atom is -0.379 e. The van der Waals surface area contributed by atoms with E-state index >= 15 is 0 Å². The minimum absolute atomic E-state index is 0.114. The second kappa shape index (κ2) is 9.89. The zero-order valence-corrected chi connectivity index (χ0v) is 18.9. The molecule has 0 aliphatic carbocycles. The maximum Gasteiger partial charge on any atom is 0.330 e. The predicted molar refractivity (Wildman–Crippen MR) is 127 cm³/mol. The number of carbonyl (C=O) groups excluding carboxylic acids is 2. The van der Waals surface area contributed by atoms with Crippen LogP contribution in [0, 0.1) is 5.92 Å². The summed E-state index contributed by atoms with van der Waals surface area (Å²) in [4.78, 5) is 37.1. The maximum atomic E-state index is 13.9. The van der Waals surface area contributed by atoms with Crippen molar-refractivity contribution in [2.24, 2.45) is 5.92 Å². The molecule has 0 bridgehead atoms. The molecule has 5 rings (SSSR count). The number of ether oxygens (including phenoxy) is 1. The summed E-state index contributed by atoms with van der Waals surface area (Å²) in [7, 11) is 0. The zero-order valence-electron chi connectivity index (χ0n) is 18.9. The molecule has 3 aliphatic heterocycles. The molecule has 174 valence electrons. The molecular weight excluding hydrogens is 418 g/mol. The first-order valence-corrected chi connectivity index (χ1v) is 12.0. The standard InChI is InChI=1S/C25H31N5O3/c31-24-20-8-3-11-26-23(20)30(22-10-2-1-9-21(22)27-24)25(32)29-13-5-7-19(18-29)6-4-12-28-14-16-33-17-15-28/h1-3,8-11,19H,4-7,12-18H2,(H,27,31). The number of para-hydroxylation sites is 2. The van der Waals surface area contributed by atoms with Crippen molar-refractivity contribution in [1.29, 1.82) is 0 Å². The number of nitrogens with one attached hydrogen (secondary N) is 1. The summed E-state index contributed by atoms with van der Waals surface area (Å²) in [5, 5.41) is 2.93. The molecule has 33 heavy (non-hydrogen) atoms. The van der Waals surface area contributed by atoms with Crippen LogP contribution < -0.4 is 10.2 Å². The van der Waals surface area contributed by atoms with Gasteiger partial charge in [-0.05, 0) is 62.4 Å². The summed E-state index contributed by atoms with van der Waals surface area (Å²) in [6.45, 7) is 6.25. The number of piperidine rings is 1. The molecule has 0 spiro atoms. The van der Waals surface area contributed by atoms with Crippen molar-refractivity contribution in [2.45, 2.75) is 25.7 Å². The quantitative estimate of drug-likeness (QED) is 0.770. The van der Waals surface area contributed by atoms with E-state index in [1.54, 1.807) is 23.2 Å². The molecule has 2 saturated heterocycles. The Kier molecular flexibility index (Phi) is 6.55. The van der Waals surface area contributed by atoms with Crippen molar-refractivity contribution >= 4 is 29.1 Å². The van der Waals surface area contributed by atoms with Crippen LogP contribution >= 0.6 is 0 Å². The molecule has 2 fully saturated rings. The van der Waals surface area contributed by atoms with Gasteiger partial charge >= 0.3 is 6.03 Å². The summed E-state index contributed by atoms with van der Waals surface area (Å²) < 4.78 is 5.44. The number of nitrogens with zero attached hydrogens (tertiary/aromatic N) is 4. The fourth-order valence-corrected chi connectivity index (χ4v) is 5.07. The molecule has 1 aromatic carbocycles. The Hall–Kier alpha value is -2.97. The fraction of sp³-hybridized carbons (Fsp3) is 0.480. The van der Waals surface area contributed by atoms with E-state index in [1.807, 2.05) is 29.2 Å². The van der Waals surface area contributed by atoms with Crippen LogP contribution in [0.25, 0.3) is 0 Å². The van der Waals surface area contributed by atoms with E-state index in [2.05, 4.69) is 15.2 Å². The Morgan fingerprint density at radius 3 is 2.85 bits per heavy atom. The van der Waals surface area contributed by atoms with Crippen LogP contribution in [0.5, 0.6) is 0 Å². The molecule has 1 unspecified atom stereocenters. The van der Waals surface area contributed by atoms with Crippen LogP contribution in [0.3, 0.4) is 0 Å². The number of morpholine rings is 1. The van der Waals surface area contributed by atoms with Gasteiger partial charge in [0.05, 0.1) is 30.2 Å². The molecule has 4 heterocycles. The van der Waals surface area contributed by atoms with Crippen molar-refractivity contribution in [2.75, 3.05) is 56.2 Å². The number of pyridine rings is 1. The first-order chi connectivity index (χ1) is 16.2. The van der Waals surface area contributed by atoms with Gasteiger partial charge in [0.25, 0.3) is 5.91 Å². The van der Waals surface area contributed by atoms with Crippen molar-refractivity contribution in [3.8, 4) is 0 Å². The third kappa shape index (κ3) is 4.72. The van der Waals surface area contributed by atoms with E-state index in [0.717, 1.165) is 71.6 Å². The Morgan fingerprint density at radius 1 is 1.12 bits per heavy atom. The van der Waals surface area contributed by atoms with E-state index in [1.165, 1.54) is 0 Å². The van der Waals surface area contributed by atoms with E-state index in [4.69, 9.17) is 4.74 Å². The van der Waals surface area contributed by atoms with Crippen LogP contribution in [-0.2, 0) is 4.74 Å². The number of urea groups is 1. The third-order valence-electron chi connectivity index (χ3n) is 6.81. The number of fused-ring (bicyclic) bond motifs is 2. The number of amides is 3. The Morgan fingerprint density at radius 2 is 1.97 bits per heavy atom. The number of hydrogen-bond acceptors (Lipinski definition) is 5. The fourth-order valence-electron chi connectivity index (χ4n) is 5.07. The van der Waals surface area contributed by atoms with Gasteiger partial charge in [-0.2, -0.15) is 0 Å². The number of hydrogen-bond donors (Lipinski definition) is 1. The van der Waals surface area contributed by atoms with Crippen LogP contribution in [-0.4, -0.2) is 72.7 Å². The highest BCUT2D eigenvalue weighted by molar-refractivity contribution is 6.16. The molecule has 1 atom stereocenters. The summed E-state index contributed by atoms with van der Waals surface area (Å²) in [5.74, 6) is 0.633. The molecule has 2 aromatic rings. The van der Waals surface area contributed by atoms with Gasteiger partial charge < -0.3 is 15.0 Å². The highest BCUT2D eigenvalue weighted by Crippen LogP contribution is 2.37. The van der Waals surface area contributed by atoms with Crippen molar-refractivity contribution < 1.29 is 14.3 Å². The lowest BCUT2D eigenvalue weighted by Crippen LogP contribution is -2.46. The van der Waals surface area contributed by atoms with Crippen molar-refractivity contribution in [3.63, 3.8) is 0 Å². The zero-order chi connectivity index (χ0) is 22.6. The lowest BCUT2D eigenvalue weighted by Gasteiger charge is -2.36. The first kappa shape index (κ1) is 21.9. The number of benzene rings is 1. The van der Waals surface area contributed by atoms with Crippen LogP contribution in [0.1, 0.15) is 36.0 Å². The van der Waals surface area contributed by atoms with Gasteiger partial charge in [0, 0.05) is 32.4 Å². The number of likely N-dealkylation sites (tertiary alicyclic amines) is 1. The smallest absolute Gasteiger partial charge is 0.330 e. The minimum atomic E-state index is -0.250. The highest BCUT2D eigenvalue weighted by Gasteiger charge is 2.34. The van der Waals surface area contributed by atoms with Gasteiger partial charge in [-0.15, -0.1) is 0 Å². The van der Waals surface area contributed by atoms with E-state index in [9.17, 15) is 9.59 Å². The number of aromatic nitrogens is 1. The van der Waals surface area contributed by atoms with Gasteiger partial charge in [-0.1, -0.05) is 12.1 Å². The molecule has 0 radical (unpaired) electrons. The third-order valence-corrected chi connectivity index (χ3v) is 6.81. The molecule has 1 N–H and O–H groups in total. The van der Waals surface area contributed by atoms with Crippen LogP contribution in [0.15, 0.2) is 42.6 Å². The van der Waals surface area contributed by atoms with Gasteiger partial charge in [-0.25, -0.2) is 14.7 Å². The molecule has 0 saturated carbocycles. The van der Waals surface area contributed by atoms with E-state index in [0.29, 0.717) is 28.7 Å². The van der Waals surface area contributed by atoms with Crippen LogP contribution in [0.2, 0.25) is 0 Å². The van der Waals surface area contributed by atoms with E-state index < -0.39 is 0 Å². The lowest BCUT2D eigenvalue weighted by molar-refractivity contribution is 0.0362. The van der Waals surface area contributed by atoms with Crippen molar-refractivity contribution in [3.05, 3.63) is 48.2 Å². The maximum absolute atomic E-state index is 13.9. The normalized spacial score (nSPS) is 21.1. The van der Waals surface area contributed by atoms with Crippen molar-refractivity contribution in [1.82, 2.24) is 14.8 Å². The highest BCUT2D eigenvalue weighted by atomic mass is 16.5. The van der Waals surface area contributed by atoms with E-state index in [-0.39, 0.29) is 11.9 Å². The lowest BCUT2D eigenvalue weighted by atomic mass is 9.93. The second-order valence-electron chi connectivity index (χ2n) is 9.01. The molecule has 1 aromatic heterocycles. The van der Waals surface area contributed by atoms with Gasteiger partial charge in [-0.3, -0.25) is 9.69 Å². The monoisotopic (exact) mass is 449 g/mol. The topological polar surface area (TPSA) is 78.0 Å². The van der Waals surface area contributed by atoms with Gasteiger partial charge in [0.15, 0.2) is 5.82 Å². The van der Waals surface area contributed by atoms with Crippen LogP contribution in [0.4, 0.5) is 22.0 Å². The SMILES string of the molecule is O=C1Nc2ccccc2N(C(=O)N2CCCC(CCCN3CCOCC3)C2)c2ncccc21. The summed E-state index contributed by atoms with van der Waals surface area (Å²) in [6.07, 6.45) is 6.04. The summed E-state index contributed by atoms with van der Waals surface area (Å²) in [6, 6.07) is 10.7. The average Bonchev–Trinajstić information content (AvgIpc) is 2.98. The molecule has 8 heteroatoms. The summed E-state index contributed by atoms with van der Waals surface area (Å²) >= 11 is 0. The first-order valence-electron chi connectivity index (χ1n) is 12.0. The predicted octanol–water partition coefficient (Wildman–Crippen LogP) is 3.73. The molecule has 3 amide bonds. The molecule has 3 aliphatic rings. The number of rotatable bonds is 4. The second-order valence-corrected chi connectivity index (χ2v) is 9.01. The Balaban J connectivity index is 1.32. The molecular formula is C25H31N5O3. The van der Waals surface area contributed by atoms with Gasteiger partial charge in [0.1, 0.15) is 0 Å². The summed E-state index contributed by atoms with van der Waals surface area (Å²) in [5.41, 5.74) is 1.68. The average molecular weight is 450 g/mol. The Bertz CT molecular complexity index is 1010. The number of anilines is 3. The largest absolute Gasteiger partial charge is 0.379 e. The number of carbonyl (C=O) groups is 2. The Labute approximate surface area is 194 Å².